The normalized spacial score (nSPS) is 20.8. The Morgan fingerprint density at radius 1 is 1.03 bits per heavy atom. The number of hydrogen-bond acceptors (Lipinski definition) is 7. The molecule has 0 radical (unpaired) electrons. The molecule has 38 heavy (non-hydrogen) atoms. The quantitative estimate of drug-likeness (QED) is 0.320. The van der Waals surface area contributed by atoms with Crippen LogP contribution in [0, 0.1) is 11.8 Å². The van der Waals surface area contributed by atoms with Gasteiger partial charge in [0.15, 0.2) is 0 Å². The van der Waals surface area contributed by atoms with Crippen LogP contribution in [0.1, 0.15) is 65.9 Å². The molecule has 1 fully saturated rings. The van der Waals surface area contributed by atoms with Gasteiger partial charge in [-0.3, -0.25) is 9.59 Å². The molecule has 1 aromatic rings. The van der Waals surface area contributed by atoms with Crippen LogP contribution in [0.3, 0.4) is 0 Å². The third-order valence-corrected chi connectivity index (χ3v) is 6.33. The fourth-order valence-corrected chi connectivity index (χ4v) is 4.59. The van der Waals surface area contributed by atoms with E-state index in [0.717, 1.165) is 5.56 Å². The van der Waals surface area contributed by atoms with Crippen LogP contribution in [0.4, 0.5) is 4.79 Å². The summed E-state index contributed by atoms with van der Waals surface area (Å²) >= 11 is 0. The van der Waals surface area contributed by atoms with Crippen molar-refractivity contribution < 1.29 is 33.8 Å². The predicted octanol–water partition coefficient (Wildman–Crippen LogP) is 2.47. The zero-order chi connectivity index (χ0) is 28.5. The largest absolute Gasteiger partial charge is 0.467 e. The van der Waals surface area contributed by atoms with Crippen molar-refractivity contribution in [3.8, 4) is 0 Å². The molecule has 10 heteroatoms. The average molecular weight is 534 g/mol. The van der Waals surface area contributed by atoms with Gasteiger partial charge >= 0.3 is 12.1 Å². The molecule has 5 atom stereocenters. The van der Waals surface area contributed by atoms with Crippen LogP contribution in [0.5, 0.6) is 0 Å². The molecule has 0 bridgehead atoms. The first kappa shape index (κ1) is 31.1. The Labute approximate surface area is 225 Å². The molecule has 4 N–H and O–H groups in total. The van der Waals surface area contributed by atoms with Gasteiger partial charge in [-0.05, 0) is 57.4 Å². The summed E-state index contributed by atoms with van der Waals surface area (Å²) in [5.41, 5.74) is 0.0980. The second-order valence-corrected chi connectivity index (χ2v) is 11.3. The lowest BCUT2D eigenvalue weighted by molar-refractivity contribution is -0.145. The molecule has 0 spiro atoms. The van der Waals surface area contributed by atoms with E-state index in [1.54, 1.807) is 20.8 Å². The van der Waals surface area contributed by atoms with Crippen molar-refractivity contribution in [2.45, 2.75) is 96.6 Å². The summed E-state index contributed by atoms with van der Waals surface area (Å²) in [7, 11) is 1.28. The number of aliphatic hydroxyl groups is 1. The zero-order valence-electron chi connectivity index (χ0n) is 23.3. The number of amides is 3. The fourth-order valence-electron chi connectivity index (χ4n) is 4.59. The lowest BCUT2D eigenvalue weighted by atomic mass is 9.96. The summed E-state index contributed by atoms with van der Waals surface area (Å²) < 4.78 is 10.2. The number of aliphatic hydroxyl groups excluding tert-OH is 1. The number of esters is 1. The summed E-state index contributed by atoms with van der Waals surface area (Å²) in [6.07, 6.45) is 0.0433. The van der Waals surface area contributed by atoms with E-state index in [9.17, 15) is 24.3 Å². The first-order valence-electron chi connectivity index (χ1n) is 13.2. The molecule has 3 amide bonds. The number of alkyl carbamates (subject to hydrolysis) is 1. The average Bonchev–Trinajstić information content (AvgIpc) is 3.15. The van der Waals surface area contributed by atoms with Crippen molar-refractivity contribution in [3.63, 3.8) is 0 Å². The topological polar surface area (TPSA) is 143 Å². The Bertz CT molecular complexity index is 946. The van der Waals surface area contributed by atoms with Crippen molar-refractivity contribution in [3.05, 3.63) is 35.9 Å². The third kappa shape index (κ3) is 10.3. The maximum absolute atomic E-state index is 13.4. The van der Waals surface area contributed by atoms with Crippen LogP contribution < -0.4 is 16.0 Å². The van der Waals surface area contributed by atoms with Crippen molar-refractivity contribution in [2.24, 2.45) is 11.8 Å². The Hall–Kier alpha value is -3.14. The molecular weight excluding hydrogens is 490 g/mol. The predicted molar refractivity (Wildman–Crippen MR) is 142 cm³/mol. The van der Waals surface area contributed by atoms with Crippen LogP contribution in [-0.2, 0) is 30.3 Å². The van der Waals surface area contributed by atoms with Crippen LogP contribution in [0.2, 0.25) is 0 Å². The van der Waals surface area contributed by atoms with Crippen molar-refractivity contribution in [2.75, 3.05) is 7.11 Å². The maximum Gasteiger partial charge on any atom is 0.408 e. The molecule has 0 saturated heterocycles. The van der Waals surface area contributed by atoms with E-state index < -0.39 is 47.8 Å². The third-order valence-electron chi connectivity index (χ3n) is 6.33. The van der Waals surface area contributed by atoms with E-state index in [1.165, 1.54) is 7.11 Å². The van der Waals surface area contributed by atoms with Crippen molar-refractivity contribution in [1.29, 1.82) is 0 Å². The van der Waals surface area contributed by atoms with Gasteiger partial charge in [0.2, 0.25) is 11.8 Å². The van der Waals surface area contributed by atoms with Gasteiger partial charge in [0.1, 0.15) is 17.7 Å². The van der Waals surface area contributed by atoms with Gasteiger partial charge < -0.3 is 30.5 Å². The van der Waals surface area contributed by atoms with E-state index in [2.05, 4.69) is 16.0 Å². The van der Waals surface area contributed by atoms with E-state index in [4.69, 9.17) is 9.47 Å². The molecule has 2 rings (SSSR count). The van der Waals surface area contributed by atoms with Crippen LogP contribution in [0.25, 0.3) is 0 Å². The molecule has 1 saturated carbocycles. The number of nitrogens with one attached hydrogen (secondary N) is 3. The Balaban J connectivity index is 2.11. The number of methoxy groups -OCH3 is 1. The van der Waals surface area contributed by atoms with Crippen molar-refractivity contribution in [1.82, 2.24) is 16.0 Å². The molecule has 1 aromatic carbocycles. The second-order valence-electron chi connectivity index (χ2n) is 11.3. The minimum absolute atomic E-state index is 0.0242. The zero-order valence-corrected chi connectivity index (χ0v) is 23.3. The molecule has 0 aromatic heterocycles. The first-order valence-corrected chi connectivity index (χ1v) is 13.2. The minimum atomic E-state index is -0.954. The summed E-state index contributed by atoms with van der Waals surface area (Å²) in [6, 6.07) is 6.84. The van der Waals surface area contributed by atoms with Gasteiger partial charge in [-0.25, -0.2) is 9.59 Å². The van der Waals surface area contributed by atoms with Gasteiger partial charge in [-0.2, -0.15) is 0 Å². The lowest BCUT2D eigenvalue weighted by Gasteiger charge is -2.28. The number of rotatable bonds is 11. The van der Waals surface area contributed by atoms with E-state index in [0.29, 0.717) is 19.3 Å². The van der Waals surface area contributed by atoms with E-state index >= 15 is 0 Å². The van der Waals surface area contributed by atoms with Crippen LogP contribution >= 0.6 is 0 Å². The van der Waals surface area contributed by atoms with Crippen LogP contribution in [-0.4, -0.2) is 65.9 Å². The molecule has 0 aliphatic heterocycles. The number of benzene rings is 1. The first-order chi connectivity index (χ1) is 17.8. The summed E-state index contributed by atoms with van der Waals surface area (Å²) in [4.78, 5) is 50.8. The molecule has 212 valence electrons. The van der Waals surface area contributed by atoms with Gasteiger partial charge in [-0.1, -0.05) is 44.2 Å². The smallest absolute Gasteiger partial charge is 0.408 e. The lowest BCUT2D eigenvalue weighted by Crippen LogP contribution is -2.54. The SMILES string of the molecule is COC(=O)[C@H](CC(C)C)NC(=O)C[C@@H]1CC[C@@H](O)[C@@H]1NC(=O)[C@H](Cc1ccccc1)NC(=O)OC(C)(C)C. The minimum Gasteiger partial charge on any atom is -0.467 e. The number of carbonyl (C=O) groups is 4. The van der Waals surface area contributed by atoms with E-state index in [1.807, 2.05) is 44.2 Å². The molecule has 0 heterocycles. The molecule has 0 unspecified atom stereocenters. The molecular formula is C28H43N3O7. The Morgan fingerprint density at radius 2 is 1.68 bits per heavy atom. The summed E-state index contributed by atoms with van der Waals surface area (Å²) in [6.45, 7) is 9.08. The fraction of sp³-hybridized carbons (Fsp3) is 0.643. The second kappa shape index (κ2) is 14.1. The molecule has 10 nitrogen and oxygen atoms in total. The highest BCUT2D eigenvalue weighted by molar-refractivity contribution is 5.87. The standard InChI is InChI=1S/C28H43N3O7/c1-17(2)14-21(26(35)37-6)29-23(33)16-19-12-13-22(32)24(19)31-25(34)20(15-18-10-8-7-9-11-18)30-27(36)38-28(3,4)5/h7-11,17,19-22,24,32H,12-16H2,1-6H3,(H,29,33)(H,30,36)(H,31,34)/t19-,20-,21-,22+,24+/m0/s1. The molecule has 1 aliphatic carbocycles. The molecule has 1 aliphatic rings. The monoisotopic (exact) mass is 533 g/mol. The number of hydrogen-bond donors (Lipinski definition) is 4. The highest BCUT2D eigenvalue weighted by Crippen LogP contribution is 2.29. The number of carbonyl (C=O) groups excluding carboxylic acids is 4. The van der Waals surface area contributed by atoms with Gasteiger partial charge in [0.25, 0.3) is 0 Å². The highest BCUT2D eigenvalue weighted by atomic mass is 16.6. The van der Waals surface area contributed by atoms with Crippen molar-refractivity contribution >= 4 is 23.9 Å². The number of ether oxygens (including phenoxy) is 2. The van der Waals surface area contributed by atoms with Gasteiger partial charge in [0, 0.05) is 12.8 Å². The summed E-state index contributed by atoms with van der Waals surface area (Å²) in [5.74, 6) is -1.53. The highest BCUT2D eigenvalue weighted by Gasteiger charge is 2.39. The van der Waals surface area contributed by atoms with Gasteiger partial charge in [-0.15, -0.1) is 0 Å². The maximum atomic E-state index is 13.4. The van der Waals surface area contributed by atoms with Crippen LogP contribution in [0.15, 0.2) is 30.3 Å². The van der Waals surface area contributed by atoms with Gasteiger partial charge in [0.05, 0.1) is 19.3 Å². The Kier molecular flexibility index (Phi) is 11.6. The summed E-state index contributed by atoms with van der Waals surface area (Å²) in [5, 5.41) is 18.9. The van der Waals surface area contributed by atoms with E-state index in [-0.39, 0.29) is 30.6 Å². The Morgan fingerprint density at radius 3 is 2.26 bits per heavy atom.